The molecule has 0 aliphatic heterocycles. The summed E-state index contributed by atoms with van der Waals surface area (Å²) in [6.07, 6.45) is -0.983. The topological polar surface area (TPSA) is 21.3 Å². The molecule has 0 radical (unpaired) electrons. The van der Waals surface area contributed by atoms with Gasteiger partial charge in [-0.1, -0.05) is 35.7 Å². The Morgan fingerprint density at radius 2 is 2.00 bits per heavy atom. The second-order valence-electron chi connectivity index (χ2n) is 4.54. The zero-order chi connectivity index (χ0) is 15.0. The quantitative estimate of drug-likeness (QED) is 0.685. The summed E-state index contributed by atoms with van der Waals surface area (Å²) >= 11 is 3.32. The third-order valence-electron chi connectivity index (χ3n) is 2.69. The molecule has 20 heavy (non-hydrogen) atoms. The minimum atomic E-state index is -4.32. The molecule has 0 saturated heterocycles. The molecule has 0 fully saturated rings. The highest BCUT2D eigenvalue weighted by Crippen LogP contribution is 2.25. The Morgan fingerprint density at radius 3 is 2.65 bits per heavy atom. The van der Waals surface area contributed by atoms with Crippen molar-refractivity contribution in [1.29, 1.82) is 0 Å². The van der Waals surface area contributed by atoms with Gasteiger partial charge in [0.05, 0.1) is 0 Å². The van der Waals surface area contributed by atoms with Crippen molar-refractivity contribution in [1.82, 2.24) is 5.32 Å². The van der Waals surface area contributed by atoms with E-state index in [1.165, 1.54) is 0 Å². The highest BCUT2D eigenvalue weighted by molar-refractivity contribution is 9.10. The van der Waals surface area contributed by atoms with Gasteiger partial charge < -0.3 is 10.1 Å². The maximum atomic E-state index is 12.2. The van der Waals surface area contributed by atoms with Crippen LogP contribution >= 0.6 is 15.9 Å². The molecule has 0 amide bonds. The normalized spacial score (nSPS) is 11.7. The minimum absolute atomic E-state index is 0.272. The Kier molecular flexibility index (Phi) is 7.37. The Balaban J connectivity index is 2.56. The SMILES string of the molecule is CCCCCNCc1cc(Br)ccc1OCC(F)(F)F. The number of alkyl halides is 3. The summed E-state index contributed by atoms with van der Waals surface area (Å²) < 4.78 is 42.3. The summed E-state index contributed by atoms with van der Waals surface area (Å²) in [5, 5.41) is 3.22. The molecule has 0 atom stereocenters. The van der Waals surface area contributed by atoms with E-state index in [1.54, 1.807) is 18.2 Å². The Bertz CT molecular complexity index is 410. The van der Waals surface area contributed by atoms with Crippen LogP contribution in [0.4, 0.5) is 13.2 Å². The number of rotatable bonds is 8. The van der Waals surface area contributed by atoms with Crippen LogP contribution in [-0.2, 0) is 6.54 Å². The van der Waals surface area contributed by atoms with Crippen molar-refractivity contribution in [3.05, 3.63) is 28.2 Å². The van der Waals surface area contributed by atoms with Gasteiger partial charge in [0.25, 0.3) is 0 Å². The lowest BCUT2D eigenvalue weighted by Crippen LogP contribution is -2.21. The van der Waals surface area contributed by atoms with Gasteiger partial charge in [-0.3, -0.25) is 0 Å². The maximum Gasteiger partial charge on any atom is 0.422 e. The molecule has 1 rings (SSSR count). The van der Waals surface area contributed by atoms with Crippen LogP contribution in [0.25, 0.3) is 0 Å². The first-order chi connectivity index (χ1) is 9.42. The summed E-state index contributed by atoms with van der Waals surface area (Å²) in [6.45, 7) is 2.20. The monoisotopic (exact) mass is 353 g/mol. The molecule has 0 bridgehead atoms. The number of unbranched alkanes of at least 4 members (excludes halogenated alkanes) is 2. The smallest absolute Gasteiger partial charge is 0.422 e. The van der Waals surface area contributed by atoms with Crippen molar-refractivity contribution in [3.8, 4) is 5.75 Å². The number of hydrogen-bond donors (Lipinski definition) is 1. The molecule has 0 saturated carbocycles. The van der Waals surface area contributed by atoms with Gasteiger partial charge in [0.15, 0.2) is 6.61 Å². The fourth-order valence-corrected chi connectivity index (χ4v) is 2.12. The van der Waals surface area contributed by atoms with Crippen LogP contribution in [0.15, 0.2) is 22.7 Å². The van der Waals surface area contributed by atoms with Crippen LogP contribution in [0.2, 0.25) is 0 Å². The van der Waals surface area contributed by atoms with E-state index in [1.807, 2.05) is 0 Å². The van der Waals surface area contributed by atoms with Crippen LogP contribution in [0.3, 0.4) is 0 Å². The van der Waals surface area contributed by atoms with Crippen LogP contribution in [0, 0.1) is 0 Å². The van der Waals surface area contributed by atoms with Crippen molar-refractivity contribution in [2.75, 3.05) is 13.2 Å². The van der Waals surface area contributed by atoms with Gasteiger partial charge in [0.2, 0.25) is 0 Å². The fourth-order valence-electron chi connectivity index (χ4n) is 1.71. The van der Waals surface area contributed by atoms with E-state index < -0.39 is 12.8 Å². The van der Waals surface area contributed by atoms with E-state index in [4.69, 9.17) is 4.74 Å². The second-order valence-corrected chi connectivity index (χ2v) is 5.46. The van der Waals surface area contributed by atoms with Gasteiger partial charge in [-0.25, -0.2) is 0 Å². The van der Waals surface area contributed by atoms with E-state index in [0.717, 1.165) is 35.8 Å². The summed E-state index contributed by atoms with van der Waals surface area (Å²) in [5.74, 6) is 0.272. The molecule has 0 unspecified atom stereocenters. The predicted octanol–water partition coefficient (Wildman–Crippen LogP) is 4.67. The van der Waals surface area contributed by atoms with Crippen LogP contribution in [0.5, 0.6) is 5.75 Å². The van der Waals surface area contributed by atoms with Crippen molar-refractivity contribution < 1.29 is 17.9 Å². The van der Waals surface area contributed by atoms with Crippen molar-refractivity contribution in [2.24, 2.45) is 0 Å². The Morgan fingerprint density at radius 1 is 1.25 bits per heavy atom. The maximum absolute atomic E-state index is 12.2. The van der Waals surface area contributed by atoms with Crippen molar-refractivity contribution >= 4 is 15.9 Å². The molecule has 0 aliphatic rings. The first kappa shape index (κ1) is 17.3. The first-order valence-electron chi connectivity index (χ1n) is 6.61. The van der Waals surface area contributed by atoms with Gasteiger partial charge in [-0.15, -0.1) is 0 Å². The van der Waals surface area contributed by atoms with Crippen molar-refractivity contribution in [2.45, 2.75) is 38.9 Å². The van der Waals surface area contributed by atoms with Gasteiger partial charge in [-0.2, -0.15) is 13.2 Å². The molecule has 6 heteroatoms. The molecule has 1 aromatic rings. The number of nitrogens with one attached hydrogen (secondary N) is 1. The highest BCUT2D eigenvalue weighted by atomic mass is 79.9. The van der Waals surface area contributed by atoms with Gasteiger partial charge >= 0.3 is 6.18 Å². The van der Waals surface area contributed by atoms with Crippen molar-refractivity contribution in [3.63, 3.8) is 0 Å². The first-order valence-corrected chi connectivity index (χ1v) is 7.40. The van der Waals surface area contributed by atoms with Gasteiger partial charge in [0, 0.05) is 16.6 Å². The summed E-state index contributed by atoms with van der Waals surface area (Å²) in [4.78, 5) is 0. The lowest BCUT2D eigenvalue weighted by atomic mass is 10.2. The molecule has 0 spiro atoms. The third kappa shape index (κ3) is 7.14. The lowest BCUT2D eigenvalue weighted by Gasteiger charge is -2.14. The van der Waals surface area contributed by atoms with Crippen LogP contribution in [0.1, 0.15) is 31.7 Å². The molecular formula is C14H19BrF3NO. The molecule has 2 nitrogen and oxygen atoms in total. The van der Waals surface area contributed by atoms with Gasteiger partial charge in [0.1, 0.15) is 5.75 Å². The fraction of sp³-hybridized carbons (Fsp3) is 0.571. The molecule has 114 valence electrons. The van der Waals surface area contributed by atoms with E-state index in [9.17, 15) is 13.2 Å². The molecule has 0 heterocycles. The summed E-state index contributed by atoms with van der Waals surface area (Å²) in [7, 11) is 0. The Labute approximate surface area is 125 Å². The number of ether oxygens (including phenoxy) is 1. The van der Waals surface area contributed by atoms with Crippen LogP contribution < -0.4 is 10.1 Å². The van der Waals surface area contributed by atoms with Crippen LogP contribution in [-0.4, -0.2) is 19.3 Å². The molecule has 0 aromatic heterocycles. The number of hydrogen-bond acceptors (Lipinski definition) is 2. The second kappa shape index (κ2) is 8.52. The summed E-state index contributed by atoms with van der Waals surface area (Å²) in [6, 6.07) is 5.00. The van der Waals surface area contributed by atoms with Gasteiger partial charge in [-0.05, 0) is 31.2 Å². The standard InChI is InChI=1S/C14H19BrF3NO/c1-2-3-4-7-19-9-11-8-12(15)5-6-13(11)20-10-14(16,17)18/h5-6,8,19H,2-4,7,9-10H2,1H3. The molecule has 1 aromatic carbocycles. The zero-order valence-electron chi connectivity index (χ0n) is 11.4. The van der Waals surface area contributed by atoms with E-state index in [0.29, 0.717) is 6.54 Å². The zero-order valence-corrected chi connectivity index (χ0v) is 13.0. The van der Waals surface area contributed by atoms with E-state index in [2.05, 4.69) is 28.2 Å². The number of benzene rings is 1. The third-order valence-corrected chi connectivity index (χ3v) is 3.18. The predicted molar refractivity (Wildman–Crippen MR) is 76.9 cm³/mol. The average Bonchev–Trinajstić information content (AvgIpc) is 2.36. The molecule has 0 aliphatic carbocycles. The van der Waals surface area contributed by atoms with E-state index >= 15 is 0 Å². The highest BCUT2D eigenvalue weighted by Gasteiger charge is 2.28. The number of halogens is 4. The molecule has 1 N–H and O–H groups in total. The largest absolute Gasteiger partial charge is 0.484 e. The summed E-state index contributed by atoms with van der Waals surface area (Å²) in [5.41, 5.74) is 0.722. The van der Waals surface area contributed by atoms with E-state index in [-0.39, 0.29) is 5.75 Å². The average molecular weight is 354 g/mol. The minimum Gasteiger partial charge on any atom is -0.484 e. The lowest BCUT2D eigenvalue weighted by molar-refractivity contribution is -0.153. The molecular weight excluding hydrogens is 335 g/mol. The Hall–Kier alpha value is -0.750.